The van der Waals surface area contributed by atoms with E-state index in [-0.39, 0.29) is 11.9 Å². The highest BCUT2D eigenvalue weighted by molar-refractivity contribution is 9.10. The minimum absolute atomic E-state index is 0.110. The summed E-state index contributed by atoms with van der Waals surface area (Å²) in [4.78, 5) is 0. The molecule has 0 heterocycles. The third kappa shape index (κ3) is 1.47. The summed E-state index contributed by atoms with van der Waals surface area (Å²) < 4.78 is 14.8. The van der Waals surface area contributed by atoms with Crippen LogP contribution >= 0.6 is 15.9 Å². The zero-order chi connectivity index (χ0) is 12.4. The van der Waals surface area contributed by atoms with Gasteiger partial charge in [0.2, 0.25) is 0 Å². The van der Waals surface area contributed by atoms with Crippen LogP contribution in [0.4, 0.5) is 4.39 Å². The Morgan fingerprint density at radius 1 is 1.22 bits per heavy atom. The van der Waals surface area contributed by atoms with Crippen molar-refractivity contribution in [3.63, 3.8) is 0 Å². The highest BCUT2D eigenvalue weighted by atomic mass is 79.9. The standard InChI is InChI=1S/C15H17BrFN/c16-9-3-4-11(17)10(6-9)15(18)14-12-7-1-2-8(5-7)13(12)14/h3-4,6-8,12-15H,1-2,5,18H2. The molecule has 1 aromatic rings. The number of fused-ring (bicyclic) bond motifs is 5. The van der Waals surface area contributed by atoms with Crippen LogP contribution in [0.5, 0.6) is 0 Å². The fourth-order valence-corrected chi connectivity index (χ4v) is 5.23. The molecule has 3 aliphatic rings. The zero-order valence-electron chi connectivity index (χ0n) is 10.2. The molecule has 3 heteroatoms. The summed E-state index contributed by atoms with van der Waals surface area (Å²) in [5.41, 5.74) is 7.05. The van der Waals surface area contributed by atoms with Crippen molar-refractivity contribution in [2.45, 2.75) is 25.3 Å². The first-order valence-corrected chi connectivity index (χ1v) is 7.66. The van der Waals surface area contributed by atoms with Gasteiger partial charge in [0, 0.05) is 16.1 Å². The maximum atomic E-state index is 13.9. The minimum atomic E-state index is -0.150. The molecular weight excluding hydrogens is 293 g/mol. The van der Waals surface area contributed by atoms with E-state index in [9.17, 15) is 4.39 Å². The molecule has 1 nitrogen and oxygen atoms in total. The Labute approximate surface area is 115 Å². The third-order valence-corrected chi connectivity index (χ3v) is 6.02. The summed E-state index contributed by atoms with van der Waals surface area (Å²) in [7, 11) is 0. The molecule has 0 aliphatic heterocycles. The van der Waals surface area contributed by atoms with Gasteiger partial charge < -0.3 is 5.73 Å². The quantitative estimate of drug-likeness (QED) is 0.881. The molecule has 3 aliphatic carbocycles. The van der Waals surface area contributed by atoms with Gasteiger partial charge in [-0.1, -0.05) is 15.9 Å². The second-order valence-electron chi connectivity index (χ2n) is 6.26. The van der Waals surface area contributed by atoms with Gasteiger partial charge in [0.1, 0.15) is 5.82 Å². The lowest BCUT2D eigenvalue weighted by Crippen LogP contribution is -2.18. The van der Waals surface area contributed by atoms with Gasteiger partial charge in [-0.3, -0.25) is 0 Å². The van der Waals surface area contributed by atoms with Crippen LogP contribution < -0.4 is 5.73 Å². The van der Waals surface area contributed by atoms with Gasteiger partial charge in [0.15, 0.2) is 0 Å². The Bertz CT molecular complexity index is 487. The van der Waals surface area contributed by atoms with Crippen LogP contribution in [0.1, 0.15) is 30.9 Å². The first-order valence-electron chi connectivity index (χ1n) is 6.87. The average molecular weight is 310 g/mol. The maximum absolute atomic E-state index is 13.9. The molecule has 5 unspecified atom stereocenters. The molecule has 3 saturated carbocycles. The van der Waals surface area contributed by atoms with Gasteiger partial charge in [0.25, 0.3) is 0 Å². The van der Waals surface area contributed by atoms with Crippen LogP contribution in [0.3, 0.4) is 0 Å². The molecule has 96 valence electrons. The number of benzene rings is 1. The van der Waals surface area contributed by atoms with E-state index in [1.807, 2.05) is 6.07 Å². The van der Waals surface area contributed by atoms with E-state index in [0.29, 0.717) is 11.5 Å². The van der Waals surface area contributed by atoms with Crippen molar-refractivity contribution in [1.82, 2.24) is 0 Å². The monoisotopic (exact) mass is 309 g/mol. The summed E-state index contributed by atoms with van der Waals surface area (Å²) in [6.07, 6.45) is 4.19. The molecule has 5 atom stereocenters. The smallest absolute Gasteiger partial charge is 0.128 e. The lowest BCUT2D eigenvalue weighted by molar-refractivity contribution is 0.410. The summed E-state index contributed by atoms with van der Waals surface area (Å²) >= 11 is 3.41. The number of halogens is 2. The normalized spacial score (nSPS) is 41.8. The third-order valence-electron chi connectivity index (χ3n) is 5.53. The number of nitrogens with two attached hydrogens (primary N) is 1. The van der Waals surface area contributed by atoms with Crippen LogP contribution in [0, 0.1) is 35.4 Å². The van der Waals surface area contributed by atoms with E-state index in [0.717, 1.165) is 28.1 Å². The predicted octanol–water partition coefficient (Wildman–Crippen LogP) is 3.88. The maximum Gasteiger partial charge on any atom is 0.128 e. The van der Waals surface area contributed by atoms with Crippen LogP contribution in [-0.4, -0.2) is 0 Å². The number of hydrogen-bond acceptors (Lipinski definition) is 1. The van der Waals surface area contributed by atoms with Crippen molar-refractivity contribution in [1.29, 1.82) is 0 Å². The lowest BCUT2D eigenvalue weighted by atomic mass is 9.93. The van der Waals surface area contributed by atoms with Gasteiger partial charge >= 0.3 is 0 Å². The summed E-state index contributed by atoms with van der Waals surface area (Å²) in [6.45, 7) is 0. The van der Waals surface area contributed by atoms with E-state index in [2.05, 4.69) is 15.9 Å². The van der Waals surface area contributed by atoms with Crippen LogP contribution in [-0.2, 0) is 0 Å². The van der Waals surface area contributed by atoms with Gasteiger partial charge in [-0.05, 0) is 67.1 Å². The van der Waals surface area contributed by atoms with E-state index < -0.39 is 0 Å². The Morgan fingerprint density at radius 3 is 2.56 bits per heavy atom. The molecule has 0 amide bonds. The molecule has 2 N–H and O–H groups in total. The molecule has 2 bridgehead atoms. The van der Waals surface area contributed by atoms with E-state index in [1.54, 1.807) is 6.07 Å². The Hall–Kier alpha value is -0.410. The SMILES string of the molecule is NC(c1cc(Br)ccc1F)C1C2C3CCC(C3)C21. The Kier molecular flexibility index (Phi) is 2.41. The molecule has 0 aromatic heterocycles. The highest BCUT2D eigenvalue weighted by Gasteiger charge is 2.66. The second-order valence-corrected chi connectivity index (χ2v) is 7.17. The van der Waals surface area contributed by atoms with Gasteiger partial charge in [0.05, 0.1) is 0 Å². The predicted molar refractivity (Wildman–Crippen MR) is 72.3 cm³/mol. The largest absolute Gasteiger partial charge is 0.324 e. The first kappa shape index (κ1) is 11.4. The van der Waals surface area contributed by atoms with Crippen molar-refractivity contribution in [3.8, 4) is 0 Å². The summed E-state index contributed by atoms with van der Waals surface area (Å²) in [6, 6.07) is 5.01. The van der Waals surface area contributed by atoms with Crippen LogP contribution in [0.25, 0.3) is 0 Å². The number of hydrogen-bond donors (Lipinski definition) is 1. The van der Waals surface area contributed by atoms with Gasteiger partial charge in [-0.25, -0.2) is 4.39 Å². The van der Waals surface area contributed by atoms with Gasteiger partial charge in [-0.2, -0.15) is 0 Å². The minimum Gasteiger partial charge on any atom is -0.324 e. The van der Waals surface area contributed by atoms with Crippen LogP contribution in [0.2, 0.25) is 0 Å². The topological polar surface area (TPSA) is 26.0 Å². The van der Waals surface area contributed by atoms with E-state index in [4.69, 9.17) is 5.73 Å². The molecule has 1 aromatic carbocycles. The number of rotatable bonds is 2. The van der Waals surface area contributed by atoms with Gasteiger partial charge in [-0.15, -0.1) is 0 Å². The van der Waals surface area contributed by atoms with Crippen molar-refractivity contribution >= 4 is 15.9 Å². The molecular formula is C15H17BrFN. The Morgan fingerprint density at radius 2 is 1.89 bits per heavy atom. The van der Waals surface area contributed by atoms with Crippen molar-refractivity contribution in [2.24, 2.45) is 35.3 Å². The molecule has 4 rings (SSSR count). The molecule has 0 spiro atoms. The molecule has 3 fully saturated rings. The van der Waals surface area contributed by atoms with Crippen LogP contribution in [0.15, 0.2) is 22.7 Å². The Balaban J connectivity index is 1.61. The van der Waals surface area contributed by atoms with Crippen molar-refractivity contribution < 1.29 is 4.39 Å². The van der Waals surface area contributed by atoms with E-state index in [1.165, 1.54) is 25.3 Å². The second kappa shape index (κ2) is 3.80. The first-order chi connectivity index (χ1) is 8.66. The fraction of sp³-hybridized carbons (Fsp3) is 0.600. The summed E-state index contributed by atoms with van der Waals surface area (Å²) in [5, 5.41) is 0. The summed E-state index contributed by atoms with van der Waals surface area (Å²) in [5.74, 6) is 3.79. The van der Waals surface area contributed by atoms with E-state index >= 15 is 0 Å². The van der Waals surface area contributed by atoms with Crippen molar-refractivity contribution in [2.75, 3.05) is 0 Å². The molecule has 0 radical (unpaired) electrons. The zero-order valence-corrected chi connectivity index (χ0v) is 11.7. The van der Waals surface area contributed by atoms with Crippen molar-refractivity contribution in [3.05, 3.63) is 34.1 Å². The highest BCUT2D eigenvalue weighted by Crippen LogP contribution is 2.71. The fourth-order valence-electron chi connectivity index (χ4n) is 4.85. The molecule has 18 heavy (non-hydrogen) atoms. The average Bonchev–Trinajstić information content (AvgIpc) is 2.79. The molecule has 0 saturated heterocycles. The lowest BCUT2D eigenvalue weighted by Gasteiger charge is -2.17.